The highest BCUT2D eigenvalue weighted by Gasteiger charge is 2.31. The first-order valence-electron chi connectivity index (χ1n) is 8.72. The molecule has 9 heteroatoms. The first-order chi connectivity index (χ1) is 11.9. The highest BCUT2D eigenvalue weighted by Crippen LogP contribution is 2.18. The second-order valence-electron chi connectivity index (χ2n) is 7.54. The molecule has 0 aliphatic carbocycles. The molecule has 0 bridgehead atoms. The zero-order valence-corrected chi connectivity index (χ0v) is 16.0. The van der Waals surface area contributed by atoms with Crippen LogP contribution in [0.1, 0.15) is 47.5 Å². The largest absolute Gasteiger partial charge is 0.480 e. The van der Waals surface area contributed by atoms with Crippen molar-refractivity contribution in [1.82, 2.24) is 15.5 Å². The molecule has 9 nitrogen and oxygen atoms in total. The van der Waals surface area contributed by atoms with E-state index in [1.807, 2.05) is 0 Å². The molecule has 148 valence electrons. The quantitative estimate of drug-likeness (QED) is 0.654. The summed E-state index contributed by atoms with van der Waals surface area (Å²) in [6.07, 6.45) is 0.238. The number of piperidine rings is 1. The maximum atomic E-state index is 12.4. The number of carbonyl (C=O) groups is 4. The van der Waals surface area contributed by atoms with E-state index in [0.717, 1.165) is 0 Å². The number of carbonyl (C=O) groups excluding carboxylic acids is 3. The fraction of sp³-hybridized carbons (Fsp3) is 0.765. The summed E-state index contributed by atoms with van der Waals surface area (Å²) in [4.78, 5) is 48.6. The first kappa shape index (κ1) is 21.7. The third-order valence-electron chi connectivity index (χ3n) is 4.01. The fourth-order valence-corrected chi connectivity index (χ4v) is 2.57. The minimum Gasteiger partial charge on any atom is -0.480 e. The summed E-state index contributed by atoms with van der Waals surface area (Å²) < 4.78 is 5.13. The van der Waals surface area contributed by atoms with Gasteiger partial charge >= 0.3 is 12.1 Å². The van der Waals surface area contributed by atoms with Gasteiger partial charge in [0.05, 0.1) is 0 Å². The van der Waals surface area contributed by atoms with Crippen LogP contribution in [0, 0.1) is 5.92 Å². The second-order valence-corrected chi connectivity index (χ2v) is 7.54. The zero-order valence-electron chi connectivity index (χ0n) is 16.0. The number of nitrogens with zero attached hydrogens (tertiary/aromatic N) is 1. The standard InChI is InChI=1S/C17H29N3O6/c1-10(19-16(25)26-17(3,4)5)14(22)20-8-6-12(7-9-20)13(21)18-11(2)15(23)24/h10-12H,6-9H2,1-5H3,(H,18,21)(H,19,25)(H,23,24). The van der Waals surface area contributed by atoms with Crippen LogP contribution in [0.5, 0.6) is 0 Å². The molecule has 0 aromatic carbocycles. The Labute approximate surface area is 153 Å². The molecule has 3 N–H and O–H groups in total. The maximum Gasteiger partial charge on any atom is 0.408 e. The van der Waals surface area contributed by atoms with Gasteiger partial charge in [0, 0.05) is 19.0 Å². The summed E-state index contributed by atoms with van der Waals surface area (Å²) in [6, 6.07) is -1.68. The van der Waals surface area contributed by atoms with Crippen LogP contribution in [0.25, 0.3) is 0 Å². The molecule has 2 atom stereocenters. The van der Waals surface area contributed by atoms with E-state index in [-0.39, 0.29) is 17.7 Å². The van der Waals surface area contributed by atoms with Crippen LogP contribution in [0.3, 0.4) is 0 Å². The minimum absolute atomic E-state index is 0.242. The third-order valence-corrected chi connectivity index (χ3v) is 4.01. The van der Waals surface area contributed by atoms with E-state index in [4.69, 9.17) is 9.84 Å². The van der Waals surface area contributed by atoms with Crippen molar-refractivity contribution in [3.8, 4) is 0 Å². The molecule has 26 heavy (non-hydrogen) atoms. The Hall–Kier alpha value is -2.32. The Morgan fingerprint density at radius 2 is 1.58 bits per heavy atom. The number of hydrogen-bond donors (Lipinski definition) is 3. The molecular formula is C17H29N3O6. The number of nitrogens with one attached hydrogen (secondary N) is 2. The second kappa shape index (κ2) is 8.86. The molecule has 1 rings (SSSR count). The summed E-state index contributed by atoms with van der Waals surface area (Å²) in [5.74, 6) is -1.97. The minimum atomic E-state index is -1.09. The van der Waals surface area contributed by atoms with Crippen molar-refractivity contribution >= 4 is 23.9 Å². The summed E-state index contributed by atoms with van der Waals surface area (Å²) >= 11 is 0. The van der Waals surface area contributed by atoms with Crippen LogP contribution >= 0.6 is 0 Å². The van der Waals surface area contributed by atoms with Crippen molar-refractivity contribution in [1.29, 1.82) is 0 Å². The number of carboxylic acids is 1. The normalized spacial score (nSPS) is 17.8. The number of likely N-dealkylation sites (tertiary alicyclic amines) is 1. The van der Waals surface area contributed by atoms with Crippen molar-refractivity contribution < 1.29 is 29.0 Å². The molecule has 3 amide bonds. The number of ether oxygens (including phenoxy) is 1. The lowest BCUT2D eigenvalue weighted by Crippen LogP contribution is -2.51. The maximum absolute atomic E-state index is 12.4. The predicted octanol–water partition coefficient (Wildman–Crippen LogP) is 0.728. The molecule has 0 aromatic rings. The van der Waals surface area contributed by atoms with E-state index in [2.05, 4.69) is 10.6 Å². The highest BCUT2D eigenvalue weighted by atomic mass is 16.6. The SMILES string of the molecule is CC(NC(=O)C1CCN(C(=O)C(C)NC(=O)OC(C)(C)C)CC1)C(=O)O. The highest BCUT2D eigenvalue weighted by molar-refractivity contribution is 5.87. The number of carboxylic acid groups (broad SMARTS) is 1. The summed E-state index contributed by atoms with van der Waals surface area (Å²) in [5.41, 5.74) is -0.647. The molecule has 0 radical (unpaired) electrons. The average Bonchev–Trinajstić information content (AvgIpc) is 2.52. The van der Waals surface area contributed by atoms with Crippen molar-refractivity contribution in [2.75, 3.05) is 13.1 Å². The Morgan fingerprint density at radius 1 is 1.04 bits per heavy atom. The molecule has 1 aliphatic heterocycles. The Morgan fingerprint density at radius 3 is 2.04 bits per heavy atom. The van der Waals surface area contributed by atoms with Crippen LogP contribution < -0.4 is 10.6 Å². The van der Waals surface area contributed by atoms with Crippen LogP contribution in [0.4, 0.5) is 4.79 Å². The molecule has 2 unspecified atom stereocenters. The van der Waals surface area contributed by atoms with Crippen molar-refractivity contribution in [2.24, 2.45) is 5.92 Å². The first-order valence-corrected chi connectivity index (χ1v) is 8.72. The van der Waals surface area contributed by atoms with Gasteiger partial charge in [-0.1, -0.05) is 0 Å². The number of rotatable bonds is 5. The van der Waals surface area contributed by atoms with Gasteiger partial charge in [0.1, 0.15) is 17.7 Å². The fourth-order valence-electron chi connectivity index (χ4n) is 2.57. The van der Waals surface area contributed by atoms with E-state index in [0.29, 0.717) is 25.9 Å². The average molecular weight is 371 g/mol. The van der Waals surface area contributed by atoms with Crippen LogP contribution in [-0.2, 0) is 19.1 Å². The van der Waals surface area contributed by atoms with Gasteiger partial charge in [-0.05, 0) is 47.5 Å². The van der Waals surface area contributed by atoms with Crippen LogP contribution in [0.15, 0.2) is 0 Å². The lowest BCUT2D eigenvalue weighted by atomic mass is 9.95. The summed E-state index contributed by atoms with van der Waals surface area (Å²) in [7, 11) is 0. The van der Waals surface area contributed by atoms with Gasteiger partial charge in [0.25, 0.3) is 0 Å². The van der Waals surface area contributed by atoms with E-state index in [1.165, 1.54) is 6.92 Å². The van der Waals surface area contributed by atoms with E-state index < -0.39 is 29.7 Å². The number of alkyl carbamates (subject to hydrolysis) is 1. The lowest BCUT2D eigenvalue weighted by Gasteiger charge is -2.33. The van der Waals surface area contributed by atoms with Gasteiger partial charge in [0.2, 0.25) is 11.8 Å². The Balaban J connectivity index is 2.46. The Bertz CT molecular complexity index is 549. The van der Waals surface area contributed by atoms with Gasteiger partial charge < -0.3 is 25.4 Å². The summed E-state index contributed by atoms with van der Waals surface area (Å²) in [5, 5.41) is 13.8. The van der Waals surface area contributed by atoms with Crippen molar-refractivity contribution in [3.63, 3.8) is 0 Å². The molecule has 0 aromatic heterocycles. The third kappa shape index (κ3) is 6.89. The molecule has 0 spiro atoms. The van der Waals surface area contributed by atoms with Gasteiger partial charge in [0.15, 0.2) is 0 Å². The lowest BCUT2D eigenvalue weighted by molar-refractivity contribution is -0.142. The van der Waals surface area contributed by atoms with Crippen molar-refractivity contribution in [3.05, 3.63) is 0 Å². The Kier molecular flexibility index (Phi) is 7.41. The van der Waals surface area contributed by atoms with Gasteiger partial charge in [-0.15, -0.1) is 0 Å². The number of hydrogen-bond acceptors (Lipinski definition) is 5. The molecule has 1 aliphatic rings. The van der Waals surface area contributed by atoms with Gasteiger partial charge in [-0.2, -0.15) is 0 Å². The van der Waals surface area contributed by atoms with E-state index >= 15 is 0 Å². The monoisotopic (exact) mass is 371 g/mol. The topological polar surface area (TPSA) is 125 Å². The summed E-state index contributed by atoms with van der Waals surface area (Å²) in [6.45, 7) is 8.94. The molecule has 0 saturated carbocycles. The van der Waals surface area contributed by atoms with Crippen LogP contribution in [0.2, 0.25) is 0 Å². The molecule has 1 heterocycles. The van der Waals surface area contributed by atoms with Crippen LogP contribution in [-0.4, -0.2) is 64.7 Å². The van der Waals surface area contributed by atoms with Crippen molar-refractivity contribution in [2.45, 2.75) is 65.1 Å². The van der Waals surface area contributed by atoms with E-state index in [9.17, 15) is 19.2 Å². The smallest absolute Gasteiger partial charge is 0.408 e. The zero-order chi connectivity index (χ0) is 20.1. The van der Waals surface area contributed by atoms with E-state index in [1.54, 1.807) is 32.6 Å². The molecule has 1 saturated heterocycles. The number of amides is 3. The number of aliphatic carboxylic acids is 1. The molecule has 1 fully saturated rings. The van der Waals surface area contributed by atoms with Gasteiger partial charge in [-0.25, -0.2) is 4.79 Å². The molecular weight excluding hydrogens is 342 g/mol. The van der Waals surface area contributed by atoms with Gasteiger partial charge in [-0.3, -0.25) is 14.4 Å². The predicted molar refractivity (Wildman–Crippen MR) is 93.4 cm³/mol.